The number of phenolic OH excluding ortho intramolecular Hbond substituents is 2. The van der Waals surface area contributed by atoms with E-state index >= 15 is 0 Å². The van der Waals surface area contributed by atoms with E-state index in [9.17, 15) is 10.2 Å². The molecule has 2 atom stereocenters. The number of likely N-dealkylation sites (tertiary alicyclic amines) is 1. The SMILES string of the molecule is CN1CC(CN)CC1c1ccc(Br)c(O)c1O. The van der Waals surface area contributed by atoms with Crippen LogP contribution in [0.5, 0.6) is 11.5 Å². The van der Waals surface area contributed by atoms with Gasteiger partial charge in [0.05, 0.1) is 4.47 Å². The Bertz CT molecular complexity index is 425. The number of nitrogens with two attached hydrogens (primary N) is 1. The van der Waals surface area contributed by atoms with Gasteiger partial charge in [-0.05, 0) is 47.9 Å². The average Bonchev–Trinajstić information content (AvgIpc) is 2.68. The smallest absolute Gasteiger partial charge is 0.172 e. The van der Waals surface area contributed by atoms with Crippen LogP contribution in [0.4, 0.5) is 0 Å². The van der Waals surface area contributed by atoms with E-state index in [0.29, 0.717) is 16.9 Å². The van der Waals surface area contributed by atoms with Gasteiger partial charge in [0.25, 0.3) is 0 Å². The molecule has 94 valence electrons. The lowest BCUT2D eigenvalue weighted by Crippen LogP contribution is -2.20. The van der Waals surface area contributed by atoms with Crippen LogP contribution in [0.3, 0.4) is 0 Å². The third-order valence-corrected chi connectivity index (χ3v) is 4.10. The van der Waals surface area contributed by atoms with Gasteiger partial charge in [-0.25, -0.2) is 0 Å². The van der Waals surface area contributed by atoms with Crippen LogP contribution in [0.2, 0.25) is 0 Å². The third-order valence-electron chi connectivity index (χ3n) is 3.46. The molecule has 1 aromatic rings. The Morgan fingerprint density at radius 2 is 2.12 bits per heavy atom. The Kier molecular flexibility index (Phi) is 3.61. The standard InChI is InChI=1S/C12H17BrN2O2/c1-15-6-7(5-14)4-10(15)8-2-3-9(13)12(17)11(8)16/h2-3,7,10,16-17H,4-6,14H2,1H3. The molecule has 4 nitrogen and oxygen atoms in total. The molecule has 4 N–H and O–H groups in total. The molecule has 0 aromatic heterocycles. The van der Waals surface area contributed by atoms with Crippen LogP contribution in [-0.4, -0.2) is 35.3 Å². The summed E-state index contributed by atoms with van der Waals surface area (Å²) in [5.41, 5.74) is 6.45. The maximum Gasteiger partial charge on any atom is 0.172 e. The van der Waals surface area contributed by atoms with Gasteiger partial charge in [-0.2, -0.15) is 0 Å². The summed E-state index contributed by atoms with van der Waals surface area (Å²) in [5, 5.41) is 19.7. The zero-order valence-electron chi connectivity index (χ0n) is 9.73. The highest BCUT2D eigenvalue weighted by molar-refractivity contribution is 9.10. The maximum atomic E-state index is 9.98. The van der Waals surface area contributed by atoms with Crippen molar-refractivity contribution in [2.24, 2.45) is 11.7 Å². The van der Waals surface area contributed by atoms with Crippen LogP contribution in [-0.2, 0) is 0 Å². The Morgan fingerprint density at radius 1 is 1.41 bits per heavy atom. The second-order valence-electron chi connectivity index (χ2n) is 4.63. The van der Waals surface area contributed by atoms with Crippen LogP contribution >= 0.6 is 15.9 Å². The molecule has 5 heteroatoms. The summed E-state index contributed by atoms with van der Waals surface area (Å²) in [5.74, 6) is 0.330. The molecule has 1 aliphatic heterocycles. The van der Waals surface area contributed by atoms with Gasteiger partial charge in [-0.3, -0.25) is 4.90 Å². The first kappa shape index (κ1) is 12.7. The van der Waals surface area contributed by atoms with E-state index in [0.717, 1.165) is 18.5 Å². The van der Waals surface area contributed by atoms with Gasteiger partial charge in [0.15, 0.2) is 11.5 Å². The maximum absolute atomic E-state index is 9.98. The minimum atomic E-state index is -0.0906. The Morgan fingerprint density at radius 3 is 2.71 bits per heavy atom. The van der Waals surface area contributed by atoms with Crippen molar-refractivity contribution in [2.75, 3.05) is 20.1 Å². The van der Waals surface area contributed by atoms with E-state index < -0.39 is 0 Å². The van der Waals surface area contributed by atoms with Gasteiger partial charge in [-0.1, -0.05) is 6.07 Å². The topological polar surface area (TPSA) is 69.7 Å². The second-order valence-corrected chi connectivity index (χ2v) is 5.48. The number of hydrogen-bond donors (Lipinski definition) is 3. The van der Waals surface area contributed by atoms with Gasteiger partial charge in [-0.15, -0.1) is 0 Å². The molecule has 1 fully saturated rings. The monoisotopic (exact) mass is 300 g/mol. The van der Waals surface area contributed by atoms with Gasteiger partial charge in [0, 0.05) is 18.2 Å². The fourth-order valence-electron chi connectivity index (χ4n) is 2.48. The van der Waals surface area contributed by atoms with Crippen molar-refractivity contribution < 1.29 is 10.2 Å². The highest BCUT2D eigenvalue weighted by atomic mass is 79.9. The molecule has 0 bridgehead atoms. The zero-order chi connectivity index (χ0) is 12.6. The predicted molar refractivity (Wildman–Crippen MR) is 70.0 cm³/mol. The summed E-state index contributed by atoms with van der Waals surface area (Å²) in [6.45, 7) is 1.58. The van der Waals surface area contributed by atoms with E-state index in [1.807, 2.05) is 13.1 Å². The van der Waals surface area contributed by atoms with E-state index in [-0.39, 0.29) is 17.5 Å². The van der Waals surface area contributed by atoms with Crippen LogP contribution in [0.25, 0.3) is 0 Å². The number of nitrogens with zero attached hydrogens (tertiary/aromatic N) is 1. The number of benzene rings is 1. The van der Waals surface area contributed by atoms with Crippen molar-refractivity contribution in [1.82, 2.24) is 4.90 Å². The summed E-state index contributed by atoms with van der Waals surface area (Å²) in [7, 11) is 2.01. The first-order chi connectivity index (χ1) is 8.04. The zero-order valence-corrected chi connectivity index (χ0v) is 11.3. The summed E-state index contributed by atoms with van der Waals surface area (Å²) >= 11 is 3.19. The minimum Gasteiger partial charge on any atom is -0.504 e. The van der Waals surface area contributed by atoms with Crippen LogP contribution in [0, 0.1) is 5.92 Å². The molecule has 1 heterocycles. The lowest BCUT2D eigenvalue weighted by Gasteiger charge is -2.21. The first-order valence-electron chi connectivity index (χ1n) is 5.65. The van der Waals surface area contributed by atoms with Gasteiger partial charge in [0.1, 0.15) is 0 Å². The Hall–Kier alpha value is -0.780. The normalized spacial score (nSPS) is 25.4. The molecule has 1 saturated heterocycles. The predicted octanol–water partition coefficient (Wildman–Crippen LogP) is 1.81. The summed E-state index contributed by atoms with van der Waals surface area (Å²) < 4.78 is 0.509. The molecule has 17 heavy (non-hydrogen) atoms. The number of phenols is 2. The van der Waals surface area contributed by atoms with E-state index in [1.54, 1.807) is 6.07 Å². The van der Waals surface area contributed by atoms with Crippen molar-refractivity contribution in [3.63, 3.8) is 0 Å². The largest absolute Gasteiger partial charge is 0.504 e. The fraction of sp³-hybridized carbons (Fsp3) is 0.500. The summed E-state index contributed by atoms with van der Waals surface area (Å²) in [6, 6.07) is 3.73. The van der Waals surface area contributed by atoms with Crippen molar-refractivity contribution in [3.8, 4) is 11.5 Å². The number of hydrogen-bond acceptors (Lipinski definition) is 4. The number of rotatable bonds is 2. The lowest BCUT2D eigenvalue weighted by molar-refractivity contribution is 0.302. The van der Waals surface area contributed by atoms with Gasteiger partial charge in [0.2, 0.25) is 0 Å². The molecule has 0 aliphatic carbocycles. The molecule has 0 saturated carbocycles. The van der Waals surface area contributed by atoms with E-state index in [1.165, 1.54) is 0 Å². The molecule has 2 rings (SSSR count). The Balaban J connectivity index is 2.32. The fourth-order valence-corrected chi connectivity index (χ4v) is 2.80. The number of aromatic hydroxyl groups is 2. The summed E-state index contributed by atoms with van der Waals surface area (Å²) in [4.78, 5) is 2.17. The second kappa shape index (κ2) is 4.84. The molecular formula is C12H17BrN2O2. The van der Waals surface area contributed by atoms with Gasteiger partial charge < -0.3 is 15.9 Å². The molecule has 0 amide bonds. The molecule has 2 unspecified atom stereocenters. The lowest BCUT2D eigenvalue weighted by atomic mass is 9.99. The van der Waals surface area contributed by atoms with Crippen LogP contribution in [0.15, 0.2) is 16.6 Å². The van der Waals surface area contributed by atoms with Crippen molar-refractivity contribution in [2.45, 2.75) is 12.5 Å². The summed E-state index contributed by atoms with van der Waals surface area (Å²) in [6.07, 6.45) is 0.918. The highest BCUT2D eigenvalue weighted by Crippen LogP contribution is 2.43. The highest BCUT2D eigenvalue weighted by Gasteiger charge is 2.32. The van der Waals surface area contributed by atoms with E-state index in [4.69, 9.17) is 5.73 Å². The molecular weight excluding hydrogens is 284 g/mol. The van der Waals surface area contributed by atoms with E-state index in [2.05, 4.69) is 20.8 Å². The first-order valence-corrected chi connectivity index (χ1v) is 6.44. The van der Waals surface area contributed by atoms with Crippen LogP contribution in [0.1, 0.15) is 18.0 Å². The van der Waals surface area contributed by atoms with Gasteiger partial charge >= 0.3 is 0 Å². The van der Waals surface area contributed by atoms with Crippen molar-refractivity contribution in [1.29, 1.82) is 0 Å². The van der Waals surface area contributed by atoms with Crippen LogP contribution < -0.4 is 5.73 Å². The number of halogens is 1. The Labute approximate surface area is 109 Å². The molecule has 0 spiro atoms. The van der Waals surface area contributed by atoms with Crippen molar-refractivity contribution >= 4 is 15.9 Å². The minimum absolute atomic E-state index is 0.0334. The quantitative estimate of drug-likeness (QED) is 0.729. The molecule has 1 aromatic carbocycles. The molecule has 0 radical (unpaired) electrons. The average molecular weight is 301 g/mol. The molecule has 1 aliphatic rings. The van der Waals surface area contributed by atoms with Crippen molar-refractivity contribution in [3.05, 3.63) is 22.2 Å². The third kappa shape index (κ3) is 2.27.